The van der Waals surface area contributed by atoms with Crippen molar-refractivity contribution in [2.45, 2.75) is 13.8 Å². The van der Waals surface area contributed by atoms with Crippen molar-refractivity contribution in [1.82, 2.24) is 9.97 Å². The van der Waals surface area contributed by atoms with E-state index in [0.29, 0.717) is 11.8 Å². The van der Waals surface area contributed by atoms with Crippen LogP contribution in [-0.2, 0) is 0 Å². The maximum Gasteiger partial charge on any atom is 0.192 e. The summed E-state index contributed by atoms with van der Waals surface area (Å²) in [6, 6.07) is 8.32. The molecule has 4 nitrogen and oxygen atoms in total. The van der Waals surface area contributed by atoms with Gasteiger partial charge in [0.15, 0.2) is 22.9 Å². The summed E-state index contributed by atoms with van der Waals surface area (Å²) < 4.78 is 13.7. The Balaban J connectivity index is 1.97. The molecular weight excluding hydrogens is 284 g/mol. The lowest BCUT2D eigenvalue weighted by molar-refractivity contribution is 0.560. The summed E-state index contributed by atoms with van der Waals surface area (Å²) in [7, 11) is 0. The molecule has 3 heterocycles. The molecule has 0 radical (unpaired) electrons. The summed E-state index contributed by atoms with van der Waals surface area (Å²) in [4.78, 5) is 8.80. The molecule has 0 aliphatic rings. The highest BCUT2D eigenvalue weighted by Gasteiger charge is 2.12. The summed E-state index contributed by atoms with van der Waals surface area (Å²) >= 11 is 1.75. The third kappa shape index (κ3) is 1.49. The molecular formula is C16H10N2O2S. The molecule has 3 aromatic heterocycles. The van der Waals surface area contributed by atoms with E-state index < -0.39 is 0 Å². The van der Waals surface area contributed by atoms with Gasteiger partial charge in [-0.2, -0.15) is 0 Å². The number of fused-ring (bicyclic) bond motifs is 5. The molecule has 5 aromatic rings. The predicted molar refractivity (Wildman–Crippen MR) is 83.9 cm³/mol. The van der Waals surface area contributed by atoms with Crippen molar-refractivity contribution in [3.63, 3.8) is 0 Å². The van der Waals surface area contributed by atoms with Gasteiger partial charge < -0.3 is 8.83 Å². The van der Waals surface area contributed by atoms with Gasteiger partial charge in [0.05, 0.1) is 0 Å². The number of aromatic nitrogens is 2. The highest BCUT2D eigenvalue weighted by atomic mass is 32.1. The molecule has 0 N–H and O–H groups in total. The van der Waals surface area contributed by atoms with E-state index in [2.05, 4.69) is 34.2 Å². The van der Waals surface area contributed by atoms with E-state index in [1.165, 1.54) is 20.2 Å². The molecule has 0 saturated heterocycles. The van der Waals surface area contributed by atoms with Crippen molar-refractivity contribution in [2.75, 3.05) is 0 Å². The smallest absolute Gasteiger partial charge is 0.192 e. The van der Waals surface area contributed by atoms with Crippen LogP contribution in [0.2, 0.25) is 0 Å². The number of benzene rings is 2. The number of nitrogens with zero attached hydrogens (tertiary/aromatic N) is 2. The number of hydrogen-bond acceptors (Lipinski definition) is 5. The molecule has 0 spiro atoms. The van der Waals surface area contributed by atoms with Gasteiger partial charge in [-0.15, -0.1) is 11.3 Å². The molecule has 0 fully saturated rings. The maximum atomic E-state index is 5.64. The van der Waals surface area contributed by atoms with Crippen molar-refractivity contribution in [1.29, 1.82) is 0 Å². The van der Waals surface area contributed by atoms with Crippen molar-refractivity contribution in [2.24, 2.45) is 0 Å². The average molecular weight is 294 g/mol. The lowest BCUT2D eigenvalue weighted by Crippen LogP contribution is -1.70. The van der Waals surface area contributed by atoms with Gasteiger partial charge in [-0.25, -0.2) is 9.97 Å². The Bertz CT molecular complexity index is 1070. The summed E-state index contributed by atoms with van der Waals surface area (Å²) in [5.41, 5.74) is 3.47. The lowest BCUT2D eigenvalue weighted by atomic mass is 10.1. The summed E-state index contributed by atoms with van der Waals surface area (Å²) in [5, 5.41) is 2.35. The van der Waals surface area contributed by atoms with Gasteiger partial charge in [0.2, 0.25) is 0 Å². The van der Waals surface area contributed by atoms with Crippen LogP contribution in [0.1, 0.15) is 11.8 Å². The van der Waals surface area contributed by atoms with Crippen molar-refractivity contribution < 1.29 is 8.83 Å². The summed E-state index contributed by atoms with van der Waals surface area (Å²) in [6.07, 6.45) is 0. The van der Waals surface area contributed by atoms with Crippen LogP contribution >= 0.6 is 11.3 Å². The van der Waals surface area contributed by atoms with Gasteiger partial charge >= 0.3 is 0 Å². The van der Waals surface area contributed by atoms with Crippen LogP contribution in [0.3, 0.4) is 0 Å². The molecule has 5 heteroatoms. The highest BCUT2D eigenvalue weighted by Crippen LogP contribution is 2.38. The van der Waals surface area contributed by atoms with Crippen LogP contribution in [0, 0.1) is 13.8 Å². The first-order valence-corrected chi connectivity index (χ1v) is 7.50. The van der Waals surface area contributed by atoms with Gasteiger partial charge in [0.25, 0.3) is 0 Å². The zero-order valence-corrected chi connectivity index (χ0v) is 12.2. The highest BCUT2D eigenvalue weighted by molar-refractivity contribution is 7.26. The zero-order chi connectivity index (χ0) is 14.1. The second-order valence-corrected chi connectivity index (χ2v) is 6.28. The monoisotopic (exact) mass is 294 g/mol. The largest absolute Gasteiger partial charge is 0.441 e. The molecule has 0 amide bonds. The van der Waals surface area contributed by atoms with Gasteiger partial charge in [-0.3, -0.25) is 0 Å². The maximum absolute atomic E-state index is 5.64. The van der Waals surface area contributed by atoms with E-state index in [1.54, 1.807) is 11.3 Å². The summed E-state index contributed by atoms with van der Waals surface area (Å²) in [5.74, 6) is 1.39. The molecule has 0 saturated carbocycles. The minimum absolute atomic E-state index is 0.695. The van der Waals surface area contributed by atoms with Crippen molar-refractivity contribution >= 4 is 53.7 Å². The number of aryl methyl sites for hydroxylation is 2. The first-order chi connectivity index (χ1) is 10.2. The van der Waals surface area contributed by atoms with E-state index >= 15 is 0 Å². The second-order valence-electron chi connectivity index (χ2n) is 5.20. The number of rotatable bonds is 0. The standard InChI is InChI=1S/C16H10N2O2S/c1-7-17-11-5-15-9(3-13(11)19-7)10-4-14-12(6-16(10)21-15)18-8(2)20-14/h3-6H,1-2H3. The van der Waals surface area contributed by atoms with Crippen LogP contribution in [0.15, 0.2) is 33.1 Å². The minimum Gasteiger partial charge on any atom is -0.441 e. The first-order valence-electron chi connectivity index (χ1n) is 6.68. The number of hydrogen-bond donors (Lipinski definition) is 0. The Morgan fingerprint density at radius 3 is 1.71 bits per heavy atom. The van der Waals surface area contributed by atoms with Crippen LogP contribution in [0.25, 0.3) is 42.4 Å². The fourth-order valence-electron chi connectivity index (χ4n) is 2.85. The molecule has 2 aromatic carbocycles. The normalized spacial score (nSPS) is 12.3. The Morgan fingerprint density at radius 2 is 1.24 bits per heavy atom. The van der Waals surface area contributed by atoms with Crippen LogP contribution in [0.4, 0.5) is 0 Å². The van der Waals surface area contributed by atoms with Crippen molar-refractivity contribution in [3.05, 3.63) is 36.0 Å². The molecule has 0 atom stereocenters. The van der Waals surface area contributed by atoms with Crippen LogP contribution < -0.4 is 0 Å². The molecule has 0 unspecified atom stereocenters. The zero-order valence-electron chi connectivity index (χ0n) is 11.4. The van der Waals surface area contributed by atoms with E-state index in [9.17, 15) is 0 Å². The van der Waals surface area contributed by atoms with Crippen LogP contribution in [-0.4, -0.2) is 9.97 Å². The molecule has 102 valence electrons. The third-order valence-corrected chi connectivity index (χ3v) is 4.82. The quantitative estimate of drug-likeness (QED) is 0.405. The Hall–Kier alpha value is -2.40. The molecule has 5 rings (SSSR count). The van der Waals surface area contributed by atoms with E-state index in [1.807, 2.05) is 13.8 Å². The Kier molecular flexibility index (Phi) is 1.94. The SMILES string of the molecule is Cc1nc2cc3sc4cc5nc(C)oc5cc4c3cc2o1. The van der Waals surface area contributed by atoms with E-state index in [4.69, 9.17) is 8.83 Å². The Labute approximate surface area is 123 Å². The molecule has 0 bridgehead atoms. The number of thiophene rings is 1. The minimum atomic E-state index is 0.695. The van der Waals surface area contributed by atoms with Gasteiger partial charge in [-0.1, -0.05) is 0 Å². The fraction of sp³-hybridized carbons (Fsp3) is 0.125. The first kappa shape index (κ1) is 11.3. The van der Waals surface area contributed by atoms with Crippen LogP contribution in [0.5, 0.6) is 0 Å². The number of oxazole rings is 2. The van der Waals surface area contributed by atoms with Gasteiger partial charge in [0, 0.05) is 34.0 Å². The second kappa shape index (κ2) is 3.62. The predicted octanol–water partition coefficient (Wildman–Crippen LogP) is 4.95. The topological polar surface area (TPSA) is 52.1 Å². The lowest BCUT2D eigenvalue weighted by Gasteiger charge is -1.92. The van der Waals surface area contributed by atoms with Gasteiger partial charge in [0.1, 0.15) is 11.0 Å². The van der Waals surface area contributed by atoms with Gasteiger partial charge in [-0.05, 0) is 24.3 Å². The van der Waals surface area contributed by atoms with E-state index in [0.717, 1.165) is 22.2 Å². The summed E-state index contributed by atoms with van der Waals surface area (Å²) in [6.45, 7) is 3.74. The van der Waals surface area contributed by atoms with Crippen molar-refractivity contribution in [3.8, 4) is 0 Å². The molecule has 0 aliphatic carbocycles. The van der Waals surface area contributed by atoms with E-state index in [-0.39, 0.29) is 0 Å². The fourth-order valence-corrected chi connectivity index (χ4v) is 3.98. The molecule has 21 heavy (non-hydrogen) atoms. The molecule has 0 aliphatic heterocycles. The third-order valence-electron chi connectivity index (χ3n) is 3.70. The average Bonchev–Trinajstić information content (AvgIpc) is 3.05. The Morgan fingerprint density at radius 1 is 0.762 bits per heavy atom.